The van der Waals surface area contributed by atoms with E-state index in [0.29, 0.717) is 0 Å². The Labute approximate surface area is 68.2 Å². The second-order valence-corrected chi connectivity index (χ2v) is 1.83. The summed E-state index contributed by atoms with van der Waals surface area (Å²) in [7, 11) is 0. The molecule has 0 fully saturated rings. The molecule has 11 heavy (non-hydrogen) atoms. The Balaban J connectivity index is 0. The first-order chi connectivity index (χ1) is 5.22. The Kier molecular flexibility index (Phi) is 13.9. The van der Waals surface area contributed by atoms with E-state index in [4.69, 9.17) is 5.73 Å². The molecule has 0 aliphatic carbocycles. The first-order valence-electron chi connectivity index (χ1n) is 3.72. The van der Waals surface area contributed by atoms with Crippen molar-refractivity contribution >= 4 is 5.97 Å². The van der Waals surface area contributed by atoms with Crippen LogP contribution in [0.3, 0.4) is 0 Å². The number of hydrogen-bond acceptors (Lipinski definition) is 3. The maximum absolute atomic E-state index is 9.99. The highest BCUT2D eigenvalue weighted by molar-refractivity contribution is 5.81. The van der Waals surface area contributed by atoms with E-state index < -0.39 is 5.97 Å². The standard InChI is InChI=1S/C4H7NO2.C4H10/c1-2-4(6)7-3-5;1-3-4-2/h2H,1,3,5H2;3-4H2,1-2H3. The van der Waals surface area contributed by atoms with E-state index in [2.05, 4.69) is 25.2 Å². The van der Waals surface area contributed by atoms with Crippen LogP contribution in [0.4, 0.5) is 0 Å². The minimum absolute atomic E-state index is 0.0785. The molecule has 0 atom stereocenters. The second kappa shape index (κ2) is 11.9. The molecule has 0 heterocycles. The molecule has 0 saturated heterocycles. The van der Waals surface area contributed by atoms with E-state index in [-0.39, 0.29) is 6.73 Å². The molecule has 0 saturated carbocycles. The SMILES string of the molecule is C=CC(=O)OCN.CCCC. The first-order valence-corrected chi connectivity index (χ1v) is 3.72. The van der Waals surface area contributed by atoms with E-state index in [0.717, 1.165) is 6.08 Å². The normalized spacial score (nSPS) is 7.55. The third-order valence-electron chi connectivity index (χ3n) is 0.892. The molecule has 2 N–H and O–H groups in total. The largest absolute Gasteiger partial charge is 0.447 e. The number of carbonyl (C=O) groups excluding carboxylic acids is 1. The van der Waals surface area contributed by atoms with E-state index >= 15 is 0 Å². The maximum Gasteiger partial charge on any atom is 0.331 e. The minimum atomic E-state index is -0.484. The molecule has 3 nitrogen and oxygen atoms in total. The average Bonchev–Trinajstić information content (AvgIpc) is 2.05. The van der Waals surface area contributed by atoms with Gasteiger partial charge >= 0.3 is 5.97 Å². The fourth-order valence-corrected chi connectivity index (χ4v) is 0.141. The zero-order valence-electron chi connectivity index (χ0n) is 7.30. The van der Waals surface area contributed by atoms with Gasteiger partial charge in [0, 0.05) is 6.08 Å². The fourth-order valence-electron chi connectivity index (χ4n) is 0.141. The van der Waals surface area contributed by atoms with Crippen LogP contribution in [0.25, 0.3) is 0 Å². The molecular formula is C8H17NO2. The summed E-state index contributed by atoms with van der Waals surface area (Å²) in [4.78, 5) is 9.99. The highest BCUT2D eigenvalue weighted by Gasteiger charge is 1.86. The van der Waals surface area contributed by atoms with Gasteiger partial charge in [-0.25, -0.2) is 4.79 Å². The van der Waals surface area contributed by atoms with Crippen LogP contribution in [0, 0.1) is 0 Å². The molecule has 0 amide bonds. The molecule has 0 aliphatic heterocycles. The monoisotopic (exact) mass is 159 g/mol. The van der Waals surface area contributed by atoms with Crippen molar-refractivity contribution in [1.29, 1.82) is 0 Å². The minimum Gasteiger partial charge on any atom is -0.447 e. The molecule has 66 valence electrons. The average molecular weight is 159 g/mol. The number of hydrogen-bond donors (Lipinski definition) is 1. The molecule has 0 aliphatic rings. The third kappa shape index (κ3) is 17.6. The number of unbranched alkanes of at least 4 members (excludes halogenated alkanes) is 1. The van der Waals surface area contributed by atoms with E-state index in [1.165, 1.54) is 12.8 Å². The van der Waals surface area contributed by atoms with Gasteiger partial charge in [-0.05, 0) is 0 Å². The molecule has 0 rings (SSSR count). The van der Waals surface area contributed by atoms with Crippen LogP contribution in [-0.2, 0) is 9.53 Å². The van der Waals surface area contributed by atoms with Crippen LogP contribution >= 0.6 is 0 Å². The van der Waals surface area contributed by atoms with Crippen molar-refractivity contribution < 1.29 is 9.53 Å². The van der Waals surface area contributed by atoms with Crippen LogP contribution in [0.5, 0.6) is 0 Å². The summed E-state index contributed by atoms with van der Waals surface area (Å²) in [5.74, 6) is -0.484. The van der Waals surface area contributed by atoms with Gasteiger partial charge in [-0.3, -0.25) is 5.73 Å². The summed E-state index contributed by atoms with van der Waals surface area (Å²) in [5, 5.41) is 0. The fraction of sp³-hybridized carbons (Fsp3) is 0.625. The lowest BCUT2D eigenvalue weighted by atomic mass is 10.4. The molecule has 0 bridgehead atoms. The zero-order chi connectivity index (χ0) is 9.11. The van der Waals surface area contributed by atoms with Crippen LogP contribution < -0.4 is 5.73 Å². The summed E-state index contributed by atoms with van der Waals surface area (Å²) in [5.41, 5.74) is 4.81. The zero-order valence-corrected chi connectivity index (χ0v) is 7.30. The summed E-state index contributed by atoms with van der Waals surface area (Å²) < 4.78 is 4.21. The Morgan fingerprint density at radius 2 is 2.00 bits per heavy atom. The van der Waals surface area contributed by atoms with Gasteiger partial charge in [0.25, 0.3) is 0 Å². The summed E-state index contributed by atoms with van der Waals surface area (Å²) in [6, 6.07) is 0. The Hall–Kier alpha value is -0.830. The summed E-state index contributed by atoms with van der Waals surface area (Å²) in [6.45, 7) is 7.43. The molecular weight excluding hydrogens is 142 g/mol. The molecule has 0 radical (unpaired) electrons. The summed E-state index contributed by atoms with van der Waals surface area (Å²) >= 11 is 0. The van der Waals surface area contributed by atoms with Gasteiger partial charge in [-0.1, -0.05) is 33.3 Å². The lowest BCUT2D eigenvalue weighted by molar-refractivity contribution is -0.137. The Morgan fingerprint density at radius 3 is 2.09 bits per heavy atom. The van der Waals surface area contributed by atoms with E-state index in [1.54, 1.807) is 0 Å². The highest BCUT2D eigenvalue weighted by atomic mass is 16.5. The van der Waals surface area contributed by atoms with Crippen molar-refractivity contribution in [3.8, 4) is 0 Å². The Bertz CT molecular complexity index is 100. The lowest BCUT2D eigenvalue weighted by Crippen LogP contribution is -2.08. The van der Waals surface area contributed by atoms with Gasteiger partial charge in [0.05, 0.1) is 0 Å². The van der Waals surface area contributed by atoms with Gasteiger partial charge in [-0.2, -0.15) is 0 Å². The number of esters is 1. The molecule has 0 aromatic carbocycles. The van der Waals surface area contributed by atoms with Crippen LogP contribution in [-0.4, -0.2) is 12.7 Å². The van der Waals surface area contributed by atoms with Crippen LogP contribution in [0.2, 0.25) is 0 Å². The lowest BCUT2D eigenvalue weighted by Gasteiger charge is -1.90. The predicted molar refractivity (Wildman–Crippen MR) is 45.9 cm³/mol. The first kappa shape index (κ1) is 12.8. The molecule has 3 heteroatoms. The number of carbonyl (C=O) groups is 1. The number of nitrogens with two attached hydrogens (primary N) is 1. The molecule has 0 aromatic rings. The van der Waals surface area contributed by atoms with Crippen LogP contribution in [0.1, 0.15) is 26.7 Å². The number of ether oxygens (including phenoxy) is 1. The molecule has 0 aromatic heterocycles. The van der Waals surface area contributed by atoms with Gasteiger partial charge in [0.15, 0.2) is 0 Å². The van der Waals surface area contributed by atoms with Crippen molar-refractivity contribution in [2.24, 2.45) is 5.73 Å². The third-order valence-corrected chi connectivity index (χ3v) is 0.892. The molecule has 0 unspecified atom stereocenters. The van der Waals surface area contributed by atoms with Crippen LogP contribution in [0.15, 0.2) is 12.7 Å². The quantitative estimate of drug-likeness (QED) is 0.385. The van der Waals surface area contributed by atoms with Crippen molar-refractivity contribution in [3.63, 3.8) is 0 Å². The van der Waals surface area contributed by atoms with Crippen molar-refractivity contribution in [3.05, 3.63) is 12.7 Å². The van der Waals surface area contributed by atoms with Crippen molar-refractivity contribution in [2.45, 2.75) is 26.7 Å². The topological polar surface area (TPSA) is 52.3 Å². The van der Waals surface area contributed by atoms with Crippen molar-refractivity contribution in [2.75, 3.05) is 6.73 Å². The predicted octanol–water partition coefficient (Wildman–Crippen LogP) is 1.44. The highest BCUT2D eigenvalue weighted by Crippen LogP contribution is 1.76. The smallest absolute Gasteiger partial charge is 0.331 e. The van der Waals surface area contributed by atoms with E-state index in [1.807, 2.05) is 0 Å². The maximum atomic E-state index is 9.99. The molecule has 0 spiro atoms. The van der Waals surface area contributed by atoms with Gasteiger partial charge in [0.2, 0.25) is 0 Å². The van der Waals surface area contributed by atoms with E-state index in [9.17, 15) is 4.79 Å². The second-order valence-electron chi connectivity index (χ2n) is 1.83. The summed E-state index contributed by atoms with van der Waals surface area (Å²) in [6.07, 6.45) is 3.70. The Morgan fingerprint density at radius 1 is 1.55 bits per heavy atom. The van der Waals surface area contributed by atoms with Gasteiger partial charge in [-0.15, -0.1) is 0 Å². The van der Waals surface area contributed by atoms with Crippen molar-refractivity contribution in [1.82, 2.24) is 0 Å². The number of rotatable bonds is 3. The van der Waals surface area contributed by atoms with Gasteiger partial charge in [0.1, 0.15) is 6.73 Å². The van der Waals surface area contributed by atoms with Gasteiger partial charge < -0.3 is 4.74 Å².